The molecular formula is C35H46N8O6. The van der Waals surface area contributed by atoms with Crippen LogP contribution >= 0.6 is 0 Å². The number of methoxy groups -OCH3 is 1. The molecule has 0 spiro atoms. The molecule has 7 N–H and O–H groups in total. The third-order valence-corrected chi connectivity index (χ3v) is 9.66. The number of amides is 3. The third kappa shape index (κ3) is 7.19. The Morgan fingerprint density at radius 3 is 2.41 bits per heavy atom. The molecule has 1 aromatic heterocycles. The predicted octanol–water partition coefficient (Wildman–Crippen LogP) is 2.63. The summed E-state index contributed by atoms with van der Waals surface area (Å²) in [4.78, 5) is 60.5. The van der Waals surface area contributed by atoms with Gasteiger partial charge >= 0.3 is 12.2 Å². The summed E-state index contributed by atoms with van der Waals surface area (Å²) in [5.74, 6) is 0.133. The number of hydrogen-bond acceptors (Lipinski definition) is 9. The first kappa shape index (κ1) is 35.2. The zero-order valence-corrected chi connectivity index (χ0v) is 28.3. The second-order valence-electron chi connectivity index (χ2n) is 13.1. The quantitative estimate of drug-likeness (QED) is 0.166. The lowest BCUT2D eigenvalue weighted by atomic mass is 9.70. The van der Waals surface area contributed by atoms with Crippen molar-refractivity contribution in [2.24, 2.45) is 5.92 Å². The van der Waals surface area contributed by atoms with Crippen LogP contribution in [0.4, 0.5) is 9.59 Å². The average Bonchev–Trinajstić information content (AvgIpc) is 3.90. The zero-order chi connectivity index (χ0) is 35.2. The van der Waals surface area contributed by atoms with Crippen LogP contribution in [0.1, 0.15) is 57.1 Å². The van der Waals surface area contributed by atoms with E-state index in [1.807, 2.05) is 48.4 Å². The number of likely N-dealkylation sites (tertiary alicyclic amines) is 1. The second-order valence-corrected chi connectivity index (χ2v) is 13.1. The maximum atomic E-state index is 14.5. The number of nitrogens with zero attached hydrogens (tertiary/aromatic N) is 2. The van der Waals surface area contributed by atoms with E-state index in [-0.39, 0.29) is 17.6 Å². The molecule has 2 aliphatic heterocycles. The van der Waals surface area contributed by atoms with Gasteiger partial charge in [0.2, 0.25) is 11.7 Å². The number of nitrogens with one attached hydrogen (secondary N) is 6. The van der Waals surface area contributed by atoms with E-state index in [0.29, 0.717) is 38.0 Å². The Labute approximate surface area is 285 Å². The Morgan fingerprint density at radius 1 is 1.10 bits per heavy atom. The molecule has 5 rings (SSSR count). The SMILES string of the molecule is COC(=O)N[C@@H](C)C(=O)NCC(C)Cc1ncc([C@@]2(c3ccccc3)C=CC(C3(C(=O)C(C)(NC(=O)O)N4CCCC4)NC=CN3)=CC2)[nH]1. The second kappa shape index (κ2) is 14.6. The number of carbonyl (C=O) groups is 4. The molecule has 14 heteroatoms. The number of aromatic amines is 1. The fourth-order valence-corrected chi connectivity index (χ4v) is 6.87. The van der Waals surface area contributed by atoms with Gasteiger partial charge in [-0.05, 0) is 44.6 Å². The highest BCUT2D eigenvalue weighted by Crippen LogP contribution is 2.42. The number of Topliss-reactive ketones (excluding diaryl/α,β-unsaturated/α-hetero) is 1. The van der Waals surface area contributed by atoms with Gasteiger partial charge in [0.15, 0.2) is 11.3 Å². The Balaban J connectivity index is 1.37. The average molecular weight is 675 g/mol. The van der Waals surface area contributed by atoms with Crippen molar-refractivity contribution in [3.05, 3.63) is 89.8 Å². The van der Waals surface area contributed by atoms with Gasteiger partial charge < -0.3 is 36.1 Å². The molecule has 0 saturated carbocycles. The summed E-state index contributed by atoms with van der Waals surface area (Å²) in [6, 6.07) is 9.30. The molecule has 0 radical (unpaired) electrons. The Bertz CT molecular complexity index is 1620. The zero-order valence-electron chi connectivity index (χ0n) is 28.3. The minimum absolute atomic E-state index is 0.0385. The molecule has 2 unspecified atom stereocenters. The van der Waals surface area contributed by atoms with Gasteiger partial charge in [0, 0.05) is 55.9 Å². The summed E-state index contributed by atoms with van der Waals surface area (Å²) in [6.45, 7) is 6.83. The lowest BCUT2D eigenvalue weighted by Crippen LogP contribution is -2.73. The molecule has 1 fully saturated rings. The molecule has 4 atom stereocenters. The first-order valence-corrected chi connectivity index (χ1v) is 16.6. The van der Waals surface area contributed by atoms with Crippen LogP contribution in [-0.4, -0.2) is 88.0 Å². The van der Waals surface area contributed by atoms with Crippen LogP contribution in [0.2, 0.25) is 0 Å². The van der Waals surface area contributed by atoms with Crippen molar-refractivity contribution in [3.8, 4) is 0 Å². The van der Waals surface area contributed by atoms with Crippen LogP contribution in [0, 0.1) is 5.92 Å². The number of H-pyrrole nitrogens is 1. The van der Waals surface area contributed by atoms with Gasteiger partial charge in [0.05, 0.1) is 12.5 Å². The number of allylic oxidation sites excluding steroid dienone is 2. The van der Waals surface area contributed by atoms with Crippen LogP contribution < -0.4 is 26.6 Å². The van der Waals surface area contributed by atoms with Crippen LogP contribution in [0.3, 0.4) is 0 Å². The van der Waals surface area contributed by atoms with E-state index in [0.717, 1.165) is 29.9 Å². The molecule has 1 saturated heterocycles. The van der Waals surface area contributed by atoms with E-state index >= 15 is 0 Å². The number of imidazole rings is 1. The minimum Gasteiger partial charge on any atom is -0.465 e. The molecule has 3 heterocycles. The highest BCUT2D eigenvalue weighted by Gasteiger charge is 2.55. The predicted molar refractivity (Wildman–Crippen MR) is 182 cm³/mol. The van der Waals surface area contributed by atoms with Gasteiger partial charge in [-0.1, -0.05) is 55.5 Å². The van der Waals surface area contributed by atoms with Crippen molar-refractivity contribution in [1.82, 2.24) is 41.5 Å². The monoisotopic (exact) mass is 674 g/mol. The normalized spacial score (nSPS) is 22.1. The van der Waals surface area contributed by atoms with E-state index in [2.05, 4.69) is 54.5 Å². The summed E-state index contributed by atoms with van der Waals surface area (Å²) < 4.78 is 4.56. The highest BCUT2D eigenvalue weighted by atomic mass is 16.5. The van der Waals surface area contributed by atoms with Crippen LogP contribution in [-0.2, 0) is 26.2 Å². The first-order chi connectivity index (χ1) is 23.4. The van der Waals surface area contributed by atoms with Gasteiger partial charge in [-0.15, -0.1) is 0 Å². The number of ether oxygens (including phenoxy) is 1. The summed E-state index contributed by atoms with van der Waals surface area (Å²) in [5, 5.41) is 24.0. The number of aromatic nitrogens is 2. The fraction of sp³-hybridized carbons (Fsp3) is 0.457. The van der Waals surface area contributed by atoms with Crippen molar-refractivity contribution >= 4 is 23.9 Å². The first-order valence-electron chi connectivity index (χ1n) is 16.6. The maximum absolute atomic E-state index is 14.5. The van der Waals surface area contributed by atoms with Crippen LogP contribution in [0.5, 0.6) is 0 Å². The third-order valence-electron chi connectivity index (χ3n) is 9.66. The fourth-order valence-electron chi connectivity index (χ4n) is 6.87. The van der Waals surface area contributed by atoms with E-state index in [4.69, 9.17) is 4.98 Å². The van der Waals surface area contributed by atoms with Gasteiger partial charge in [0.1, 0.15) is 11.9 Å². The topological polar surface area (TPSA) is 190 Å². The number of benzene rings is 1. The van der Waals surface area contributed by atoms with Gasteiger partial charge in [-0.2, -0.15) is 0 Å². The number of carboxylic acid groups (broad SMARTS) is 1. The van der Waals surface area contributed by atoms with Crippen molar-refractivity contribution < 1.29 is 29.0 Å². The lowest BCUT2D eigenvalue weighted by molar-refractivity contribution is -0.137. The summed E-state index contributed by atoms with van der Waals surface area (Å²) >= 11 is 0. The molecule has 3 aliphatic rings. The van der Waals surface area contributed by atoms with E-state index in [1.165, 1.54) is 7.11 Å². The summed E-state index contributed by atoms with van der Waals surface area (Å²) in [7, 11) is 1.24. The van der Waals surface area contributed by atoms with Gasteiger partial charge in [0.25, 0.3) is 0 Å². The van der Waals surface area contributed by atoms with Crippen molar-refractivity contribution in [1.29, 1.82) is 0 Å². The van der Waals surface area contributed by atoms with Gasteiger partial charge in [-0.25, -0.2) is 14.6 Å². The van der Waals surface area contributed by atoms with E-state index < -0.39 is 35.0 Å². The van der Waals surface area contributed by atoms with Crippen molar-refractivity contribution in [2.45, 2.75) is 69.2 Å². The summed E-state index contributed by atoms with van der Waals surface area (Å²) in [5.41, 5.74) is -0.913. The van der Waals surface area contributed by atoms with Crippen molar-refractivity contribution in [2.75, 3.05) is 26.7 Å². The number of carbonyl (C=O) groups excluding carboxylic acids is 3. The van der Waals surface area contributed by atoms with E-state index in [9.17, 15) is 24.3 Å². The molecule has 14 nitrogen and oxygen atoms in total. The maximum Gasteiger partial charge on any atom is 0.407 e. The summed E-state index contributed by atoms with van der Waals surface area (Å²) in [6.07, 6.45) is 12.1. The molecule has 262 valence electrons. The molecule has 49 heavy (non-hydrogen) atoms. The Kier molecular flexibility index (Phi) is 10.5. The van der Waals surface area contributed by atoms with Crippen LogP contribution in [0.15, 0.2) is 72.7 Å². The highest BCUT2D eigenvalue weighted by molar-refractivity contribution is 6.01. The number of ketones is 1. The molecule has 2 aromatic rings. The Morgan fingerprint density at radius 2 is 1.80 bits per heavy atom. The Hall–Kier alpha value is -5.11. The smallest absolute Gasteiger partial charge is 0.407 e. The standard InChI is InChI=1S/C35H46N8O6/c1-23(21-37-29(44)24(2)40-32(48)49-4)20-28-36-22-27(41-28)34(25-10-6-5-7-11-25)14-12-26(13-15-34)35(38-16-17-39-35)30(45)33(3,42-31(46)47)43-18-8-9-19-43/h5-7,10-14,16-17,22-24,38-39,42H,8-9,15,18-21H2,1-4H3,(H,36,41)(H,37,44)(H,40,48)(H,46,47)/t23?,24-,33?,34-/m0/s1. The molecule has 0 bridgehead atoms. The van der Waals surface area contributed by atoms with Gasteiger partial charge in [-0.3, -0.25) is 19.8 Å². The number of hydrogen-bond donors (Lipinski definition) is 7. The van der Waals surface area contributed by atoms with E-state index in [1.54, 1.807) is 26.2 Å². The van der Waals surface area contributed by atoms with Crippen molar-refractivity contribution in [3.63, 3.8) is 0 Å². The molecular weight excluding hydrogens is 628 g/mol. The number of alkyl carbamates (subject to hydrolysis) is 1. The molecule has 3 amide bonds. The largest absolute Gasteiger partial charge is 0.465 e. The lowest BCUT2D eigenvalue weighted by Gasteiger charge is -2.44. The molecule has 1 aromatic carbocycles. The van der Waals surface area contributed by atoms with Crippen LogP contribution in [0.25, 0.3) is 0 Å². The minimum atomic E-state index is -1.47. The number of rotatable bonds is 13. The molecule has 1 aliphatic carbocycles.